The van der Waals surface area contributed by atoms with E-state index in [2.05, 4.69) is 4.98 Å². The highest BCUT2D eigenvalue weighted by Crippen LogP contribution is 2.30. The molecule has 1 aromatic heterocycles. The van der Waals surface area contributed by atoms with E-state index in [-0.39, 0.29) is 0 Å². The second-order valence-corrected chi connectivity index (χ2v) is 4.69. The predicted octanol–water partition coefficient (Wildman–Crippen LogP) is 4.37. The maximum atomic E-state index is 11.2. The van der Waals surface area contributed by atoms with E-state index in [4.69, 9.17) is 11.6 Å². The summed E-state index contributed by atoms with van der Waals surface area (Å²) >= 11 is 5.93. The van der Waals surface area contributed by atoms with Crippen LogP contribution in [0.15, 0.2) is 54.9 Å². The molecule has 0 radical (unpaired) electrons. The Morgan fingerprint density at radius 1 is 1.00 bits per heavy atom. The van der Waals surface area contributed by atoms with Crippen LogP contribution in [0.1, 0.15) is 10.4 Å². The number of aldehydes is 1. The molecule has 3 heteroatoms. The first-order valence-electron chi connectivity index (χ1n) is 5.87. The van der Waals surface area contributed by atoms with Gasteiger partial charge >= 0.3 is 0 Å². The maximum absolute atomic E-state index is 11.2. The number of carbonyl (C=O) groups excluding carboxylic acids is 1. The van der Waals surface area contributed by atoms with Crippen molar-refractivity contribution in [3.05, 3.63) is 65.4 Å². The first-order chi connectivity index (χ1) is 9.29. The zero-order valence-corrected chi connectivity index (χ0v) is 10.8. The third-order valence-corrected chi connectivity index (χ3v) is 3.33. The smallest absolute Gasteiger partial charge is 0.150 e. The molecule has 0 fully saturated rings. The quantitative estimate of drug-likeness (QED) is 0.646. The van der Waals surface area contributed by atoms with Crippen molar-refractivity contribution in [2.75, 3.05) is 0 Å². The van der Waals surface area contributed by atoms with Gasteiger partial charge in [0.2, 0.25) is 0 Å². The monoisotopic (exact) mass is 267 g/mol. The molecule has 19 heavy (non-hydrogen) atoms. The highest BCUT2D eigenvalue weighted by Gasteiger charge is 2.09. The average molecular weight is 268 g/mol. The summed E-state index contributed by atoms with van der Waals surface area (Å²) in [4.78, 5) is 15.4. The van der Waals surface area contributed by atoms with E-state index in [1.807, 2.05) is 36.5 Å². The lowest BCUT2D eigenvalue weighted by molar-refractivity contribution is 0.112. The molecule has 1 heterocycles. The number of nitrogens with zero attached hydrogens (tertiary/aromatic N) is 1. The van der Waals surface area contributed by atoms with Crippen LogP contribution in [0.5, 0.6) is 0 Å². The first kappa shape index (κ1) is 11.9. The minimum Gasteiger partial charge on any atom is -0.298 e. The Labute approximate surface area is 115 Å². The lowest BCUT2D eigenvalue weighted by Gasteiger charge is -2.08. The van der Waals surface area contributed by atoms with E-state index < -0.39 is 0 Å². The summed E-state index contributed by atoms with van der Waals surface area (Å²) in [6.45, 7) is 0. The van der Waals surface area contributed by atoms with Gasteiger partial charge in [0.05, 0.1) is 0 Å². The minimum absolute atomic E-state index is 0.555. The zero-order chi connectivity index (χ0) is 13.2. The summed E-state index contributed by atoms with van der Waals surface area (Å²) in [6.07, 6.45) is 4.41. The Morgan fingerprint density at radius 2 is 1.84 bits per heavy atom. The molecular formula is C16H10ClNO. The molecule has 0 spiro atoms. The van der Waals surface area contributed by atoms with E-state index in [0.29, 0.717) is 10.6 Å². The van der Waals surface area contributed by atoms with E-state index in [9.17, 15) is 4.79 Å². The Kier molecular flexibility index (Phi) is 3.02. The molecule has 0 N–H and O–H groups in total. The van der Waals surface area contributed by atoms with Gasteiger partial charge in [-0.2, -0.15) is 0 Å². The number of carbonyl (C=O) groups is 1. The van der Waals surface area contributed by atoms with Gasteiger partial charge in [0.15, 0.2) is 6.29 Å². The summed E-state index contributed by atoms with van der Waals surface area (Å²) < 4.78 is 0. The summed E-state index contributed by atoms with van der Waals surface area (Å²) in [7, 11) is 0. The summed E-state index contributed by atoms with van der Waals surface area (Å²) in [5.74, 6) is 0. The largest absolute Gasteiger partial charge is 0.298 e. The van der Waals surface area contributed by atoms with Crippen LogP contribution in [0.4, 0.5) is 0 Å². The van der Waals surface area contributed by atoms with Crippen LogP contribution in [-0.2, 0) is 0 Å². The number of rotatable bonds is 2. The molecule has 0 atom stereocenters. The first-order valence-corrected chi connectivity index (χ1v) is 6.25. The number of fused-ring (bicyclic) bond motifs is 1. The van der Waals surface area contributed by atoms with Crippen molar-refractivity contribution in [1.82, 2.24) is 4.98 Å². The van der Waals surface area contributed by atoms with Gasteiger partial charge < -0.3 is 0 Å². The van der Waals surface area contributed by atoms with Crippen molar-refractivity contribution < 1.29 is 4.79 Å². The topological polar surface area (TPSA) is 30.0 Å². The van der Waals surface area contributed by atoms with Gasteiger partial charge in [0.25, 0.3) is 0 Å². The third-order valence-electron chi connectivity index (χ3n) is 3.10. The van der Waals surface area contributed by atoms with Crippen molar-refractivity contribution >= 4 is 28.7 Å². The molecule has 3 aromatic rings. The Balaban J connectivity index is 2.33. The van der Waals surface area contributed by atoms with Crippen LogP contribution < -0.4 is 0 Å². The fourth-order valence-electron chi connectivity index (χ4n) is 2.21. The molecule has 3 rings (SSSR count). The molecule has 0 saturated carbocycles. The van der Waals surface area contributed by atoms with E-state index in [1.165, 1.54) is 0 Å². The molecule has 2 aromatic carbocycles. The maximum Gasteiger partial charge on any atom is 0.150 e. The van der Waals surface area contributed by atoms with E-state index >= 15 is 0 Å². The number of hydrogen-bond donors (Lipinski definition) is 0. The van der Waals surface area contributed by atoms with Crippen molar-refractivity contribution in [3.8, 4) is 11.1 Å². The third kappa shape index (κ3) is 2.11. The van der Waals surface area contributed by atoms with Crippen molar-refractivity contribution in [3.63, 3.8) is 0 Å². The lowest BCUT2D eigenvalue weighted by atomic mass is 9.97. The molecule has 0 aliphatic carbocycles. The number of aromatic nitrogens is 1. The number of hydrogen-bond acceptors (Lipinski definition) is 2. The highest BCUT2D eigenvalue weighted by molar-refractivity contribution is 6.31. The molecular weight excluding hydrogens is 258 g/mol. The van der Waals surface area contributed by atoms with Gasteiger partial charge in [-0.05, 0) is 23.1 Å². The van der Waals surface area contributed by atoms with Crippen LogP contribution in [0, 0.1) is 0 Å². The standard InChI is InChI=1S/C16H10ClNO/c17-13-5-6-15(12(7-13)10-19)16-9-18-8-11-3-1-2-4-14(11)16/h1-10H. The zero-order valence-electron chi connectivity index (χ0n) is 10.0. The number of halogens is 1. The Morgan fingerprint density at radius 3 is 2.68 bits per heavy atom. The molecule has 0 aliphatic rings. The normalized spacial score (nSPS) is 10.6. The van der Waals surface area contributed by atoms with Gasteiger partial charge in [0.1, 0.15) is 0 Å². The molecule has 0 bridgehead atoms. The Hall–Kier alpha value is -2.19. The highest BCUT2D eigenvalue weighted by atomic mass is 35.5. The van der Waals surface area contributed by atoms with Crippen molar-refractivity contribution in [2.45, 2.75) is 0 Å². The van der Waals surface area contributed by atoms with Gasteiger partial charge in [0, 0.05) is 33.9 Å². The molecule has 0 unspecified atom stereocenters. The van der Waals surface area contributed by atoms with Crippen LogP contribution >= 0.6 is 11.6 Å². The van der Waals surface area contributed by atoms with Crippen LogP contribution in [0.3, 0.4) is 0 Å². The fourth-order valence-corrected chi connectivity index (χ4v) is 2.39. The van der Waals surface area contributed by atoms with E-state index in [0.717, 1.165) is 28.2 Å². The second kappa shape index (κ2) is 4.82. The number of pyridine rings is 1. The lowest BCUT2D eigenvalue weighted by Crippen LogP contribution is -1.90. The van der Waals surface area contributed by atoms with Crippen LogP contribution in [-0.4, -0.2) is 11.3 Å². The van der Waals surface area contributed by atoms with Gasteiger partial charge in [-0.15, -0.1) is 0 Å². The SMILES string of the molecule is O=Cc1cc(Cl)ccc1-c1cncc2ccccc12. The van der Waals surface area contributed by atoms with Gasteiger partial charge in [-0.25, -0.2) is 0 Å². The summed E-state index contributed by atoms with van der Waals surface area (Å²) in [5.41, 5.74) is 2.37. The van der Waals surface area contributed by atoms with Crippen molar-refractivity contribution in [1.29, 1.82) is 0 Å². The average Bonchev–Trinajstić information content (AvgIpc) is 2.46. The fraction of sp³-hybridized carbons (Fsp3) is 0. The summed E-state index contributed by atoms with van der Waals surface area (Å²) in [6, 6.07) is 13.3. The molecule has 0 aliphatic heterocycles. The molecule has 92 valence electrons. The van der Waals surface area contributed by atoms with E-state index in [1.54, 1.807) is 18.3 Å². The molecule has 2 nitrogen and oxygen atoms in total. The minimum atomic E-state index is 0.555. The van der Waals surface area contributed by atoms with Crippen LogP contribution in [0.2, 0.25) is 5.02 Å². The summed E-state index contributed by atoms with van der Waals surface area (Å²) in [5, 5.41) is 2.67. The Bertz CT molecular complexity index is 762. The van der Waals surface area contributed by atoms with Crippen molar-refractivity contribution in [2.24, 2.45) is 0 Å². The number of benzene rings is 2. The molecule has 0 saturated heterocycles. The molecule has 0 amide bonds. The predicted molar refractivity (Wildman–Crippen MR) is 77.6 cm³/mol. The second-order valence-electron chi connectivity index (χ2n) is 4.26. The van der Waals surface area contributed by atoms with Gasteiger partial charge in [-0.3, -0.25) is 9.78 Å². The van der Waals surface area contributed by atoms with Gasteiger partial charge in [-0.1, -0.05) is 41.9 Å². The van der Waals surface area contributed by atoms with Crippen LogP contribution in [0.25, 0.3) is 21.9 Å².